The fourth-order valence-corrected chi connectivity index (χ4v) is 11.1. The summed E-state index contributed by atoms with van der Waals surface area (Å²) in [7, 11) is 8.91. The first-order chi connectivity index (χ1) is 43.6. The molecule has 91 heavy (non-hydrogen) atoms. The number of piperidine rings is 1. The summed E-state index contributed by atoms with van der Waals surface area (Å²) in [4.78, 5) is 134. The second-order valence-electron chi connectivity index (χ2n) is 23.6. The fraction of sp³-hybridized carbons (Fsp3) is 0.435. The molecular weight excluding hydrogens is 1170 g/mol. The van der Waals surface area contributed by atoms with Crippen LogP contribution >= 0.6 is 0 Å². The Morgan fingerprint density at radius 3 is 1.90 bits per heavy atom. The Morgan fingerprint density at radius 1 is 0.637 bits per heavy atom. The van der Waals surface area contributed by atoms with E-state index in [1.165, 1.54) is 76.1 Å². The molecule has 5 aromatic carbocycles. The number of hydrogen-bond acceptors (Lipinski definition) is 16. The molecule has 1 fully saturated rings. The Bertz CT molecular complexity index is 3340. The van der Waals surface area contributed by atoms with Crippen molar-refractivity contribution >= 4 is 53.2 Å². The average molecular weight is 1250 g/mol. The van der Waals surface area contributed by atoms with Crippen molar-refractivity contribution in [3.05, 3.63) is 149 Å². The number of ether oxygens (including phenoxy) is 6. The van der Waals surface area contributed by atoms with E-state index in [2.05, 4.69) is 10.6 Å². The minimum absolute atomic E-state index is 0.0102. The van der Waals surface area contributed by atoms with Crippen molar-refractivity contribution in [2.45, 2.75) is 115 Å². The predicted molar refractivity (Wildman–Crippen MR) is 336 cm³/mol. The van der Waals surface area contributed by atoms with Crippen LogP contribution in [0.4, 0.5) is 0 Å². The summed E-state index contributed by atoms with van der Waals surface area (Å²) < 4.78 is 35.3. The van der Waals surface area contributed by atoms with Crippen LogP contribution < -0.4 is 29.6 Å². The Hall–Kier alpha value is -9.47. The van der Waals surface area contributed by atoms with Crippen LogP contribution in [0.1, 0.15) is 92.7 Å². The highest BCUT2D eigenvalue weighted by Gasteiger charge is 2.43. The highest BCUT2D eigenvalue weighted by molar-refractivity contribution is 6.38. The number of fused-ring (bicyclic) bond motifs is 3. The molecule has 3 N–H and O–H groups in total. The molecule has 0 aromatic heterocycles. The van der Waals surface area contributed by atoms with E-state index in [4.69, 9.17) is 28.4 Å². The molecule has 0 radical (unpaired) electrons. The molecule has 22 heteroatoms. The molecule has 0 saturated carbocycles. The molecule has 2 aliphatic heterocycles. The van der Waals surface area contributed by atoms with Gasteiger partial charge in [-0.2, -0.15) is 0 Å². The number of aromatic hydroxyl groups is 1. The van der Waals surface area contributed by atoms with Crippen LogP contribution in [0, 0.1) is 5.41 Å². The number of nitrogens with zero attached hydrogens (tertiary/aromatic N) is 4. The summed E-state index contributed by atoms with van der Waals surface area (Å²) >= 11 is 0. The van der Waals surface area contributed by atoms with Crippen molar-refractivity contribution in [3.63, 3.8) is 0 Å². The number of ketones is 1. The second-order valence-corrected chi connectivity index (χ2v) is 23.6. The molecular formula is C69H84N6O16. The number of rotatable bonds is 12. The number of carbonyl (C=O) groups excluding carboxylic acids is 9. The van der Waals surface area contributed by atoms with E-state index in [0.717, 1.165) is 10.5 Å². The molecule has 5 atom stereocenters. The highest BCUT2D eigenvalue weighted by Crippen LogP contribution is 2.40. The first kappa shape index (κ1) is 69.0. The van der Waals surface area contributed by atoms with E-state index in [9.17, 15) is 48.3 Å². The number of likely N-dealkylation sites (N-methyl/N-ethyl adjacent to an activating group) is 3. The molecule has 6 amide bonds. The number of phenolic OH excluding ortho intramolecular Hbond substituents is 1. The van der Waals surface area contributed by atoms with Crippen molar-refractivity contribution in [1.29, 1.82) is 0 Å². The Morgan fingerprint density at radius 2 is 1.25 bits per heavy atom. The number of Topliss-reactive ketones (excluding diaryl/α,β-unsaturated/α-hetero) is 1. The van der Waals surface area contributed by atoms with Crippen molar-refractivity contribution in [3.8, 4) is 28.7 Å². The van der Waals surface area contributed by atoms with Crippen molar-refractivity contribution in [2.24, 2.45) is 5.41 Å². The fourth-order valence-electron chi connectivity index (χ4n) is 11.1. The average Bonchev–Trinajstić information content (AvgIpc) is 1.05. The molecule has 5 aromatic rings. The highest BCUT2D eigenvalue weighted by atomic mass is 16.5. The molecule has 2 aliphatic rings. The van der Waals surface area contributed by atoms with E-state index in [-0.39, 0.29) is 76.0 Å². The number of carbonyl (C=O) groups is 9. The standard InChI is InChI=1S/C69H84N6O16/c1-69(2)44-90-61(79)27-16-17-36-72(3)65(82)52(38-45-20-11-9-12-21-45)70-59(77)42-73(4)66(83)53(39-46-22-13-10-14-23-46)71-64(81)55(40-47-28-30-49(76)31-29-47)74(5)60(78)43-89-50-25-19-24-48(41-50)56(33-32-51-57(86-6)34-35-58(87-7)62(51)88-8)91-68(85)54-26-15-18-37-75(54)67(84)63(69)80/h9-14,19-25,28-31,34-35,41,52-56,76H,15-18,26-27,32-33,36-40,42-44H2,1-8H3,(H,70,77)(H,71,81)/t52-,53-,54+,55+,56-/m1/s1. The first-order valence-corrected chi connectivity index (χ1v) is 30.5. The molecule has 22 nitrogen and oxygen atoms in total. The Labute approximate surface area is 531 Å². The van der Waals surface area contributed by atoms with Crippen LogP contribution in [0.15, 0.2) is 121 Å². The summed E-state index contributed by atoms with van der Waals surface area (Å²) in [5.41, 5.74) is 1.54. The van der Waals surface area contributed by atoms with Gasteiger partial charge < -0.3 is 63.8 Å². The number of cyclic esters (lactones) is 2. The van der Waals surface area contributed by atoms with E-state index < -0.39 is 109 Å². The van der Waals surface area contributed by atoms with Crippen LogP contribution in [0.3, 0.4) is 0 Å². The van der Waals surface area contributed by atoms with Gasteiger partial charge in [-0.05, 0) is 117 Å². The molecule has 0 spiro atoms. The lowest BCUT2D eigenvalue weighted by atomic mass is 9.87. The number of benzene rings is 5. The smallest absolute Gasteiger partial charge is 0.329 e. The van der Waals surface area contributed by atoms with Crippen LogP contribution in [0.5, 0.6) is 28.7 Å². The number of hydrogen-bond donors (Lipinski definition) is 3. The van der Waals surface area contributed by atoms with Crippen molar-refractivity contribution in [2.75, 3.05) is 75.3 Å². The zero-order chi connectivity index (χ0) is 65.8. The van der Waals surface area contributed by atoms with Crippen molar-refractivity contribution < 1.29 is 76.7 Å². The van der Waals surface area contributed by atoms with Gasteiger partial charge in [-0.1, -0.05) is 84.9 Å². The SMILES string of the molecule is COc1ccc(OC)c(OC)c1CC[C@H]1OC(=O)[C@@H]2CCCCN2C(=O)C(=O)C(C)(C)COC(=O)CCCCN(C)C(=O)[C@@H](Cc2ccccc2)NC(=O)CN(C)C(=O)[C@@H](Cc2ccccc2)NC(=O)[C@H](Cc2ccc(O)cc2)N(C)C(=O)COc2cccc1c2. The lowest BCUT2D eigenvalue weighted by Crippen LogP contribution is -2.57. The van der Waals surface area contributed by atoms with E-state index >= 15 is 0 Å². The number of nitrogens with one attached hydrogen (secondary N) is 2. The van der Waals surface area contributed by atoms with Gasteiger partial charge in [0.2, 0.25) is 29.4 Å². The molecule has 486 valence electrons. The van der Waals surface area contributed by atoms with Crippen molar-refractivity contribution in [1.82, 2.24) is 30.2 Å². The molecule has 0 unspecified atom stereocenters. The van der Waals surface area contributed by atoms with Crippen LogP contribution in [-0.2, 0) is 78.3 Å². The summed E-state index contributed by atoms with van der Waals surface area (Å²) in [6.45, 7) is 1.70. The van der Waals surface area contributed by atoms with Gasteiger partial charge in [-0.25, -0.2) is 4.79 Å². The number of methoxy groups -OCH3 is 3. The zero-order valence-corrected chi connectivity index (χ0v) is 53.1. The van der Waals surface area contributed by atoms with Gasteiger partial charge in [-0.3, -0.25) is 38.4 Å². The maximum atomic E-state index is 14.9. The number of phenols is 1. The van der Waals surface area contributed by atoms with Crippen LogP contribution in [0.2, 0.25) is 0 Å². The third-order valence-corrected chi connectivity index (χ3v) is 16.4. The maximum Gasteiger partial charge on any atom is 0.329 e. The van der Waals surface area contributed by atoms with Gasteiger partial charge in [0.05, 0.1) is 33.3 Å². The molecule has 1 saturated heterocycles. The van der Waals surface area contributed by atoms with Gasteiger partial charge in [-0.15, -0.1) is 0 Å². The summed E-state index contributed by atoms with van der Waals surface area (Å²) in [6, 6.07) is 29.3. The van der Waals surface area contributed by atoms with Gasteiger partial charge in [0.15, 0.2) is 18.1 Å². The quantitative estimate of drug-likeness (QED) is 0.0933. The lowest BCUT2D eigenvalue weighted by molar-refractivity contribution is -0.165. The third kappa shape index (κ3) is 19.0. The minimum atomic E-state index is -1.50. The van der Waals surface area contributed by atoms with Gasteiger partial charge >= 0.3 is 11.9 Å². The molecule has 2 heterocycles. The van der Waals surface area contributed by atoms with Crippen LogP contribution in [0.25, 0.3) is 0 Å². The molecule has 7 rings (SSSR count). The Kier molecular flexibility index (Phi) is 24.9. The van der Waals surface area contributed by atoms with E-state index in [0.29, 0.717) is 58.8 Å². The summed E-state index contributed by atoms with van der Waals surface area (Å²) in [5.74, 6) is -4.86. The predicted octanol–water partition coefficient (Wildman–Crippen LogP) is 6.16. The number of amides is 6. The minimum Gasteiger partial charge on any atom is -0.508 e. The van der Waals surface area contributed by atoms with Gasteiger partial charge in [0, 0.05) is 65.5 Å². The Balaban J connectivity index is 1.22. The normalized spacial score (nSPS) is 21.1. The lowest BCUT2D eigenvalue weighted by Gasteiger charge is -2.36. The van der Waals surface area contributed by atoms with E-state index in [1.54, 1.807) is 98.0 Å². The number of esters is 2. The zero-order valence-electron chi connectivity index (χ0n) is 53.1. The third-order valence-electron chi connectivity index (χ3n) is 16.4. The van der Waals surface area contributed by atoms with Gasteiger partial charge in [0.1, 0.15) is 54.1 Å². The second kappa shape index (κ2) is 32.8. The monoisotopic (exact) mass is 1250 g/mol. The topological polar surface area (TPSA) is 266 Å². The summed E-state index contributed by atoms with van der Waals surface area (Å²) in [5, 5.41) is 15.9. The summed E-state index contributed by atoms with van der Waals surface area (Å²) in [6.07, 6.45) is 1.10. The van der Waals surface area contributed by atoms with Crippen LogP contribution in [-0.4, -0.2) is 177 Å². The largest absolute Gasteiger partial charge is 0.508 e. The molecule has 2 bridgehead atoms. The van der Waals surface area contributed by atoms with Gasteiger partial charge in [0.25, 0.3) is 11.8 Å². The molecule has 0 aliphatic carbocycles. The first-order valence-electron chi connectivity index (χ1n) is 30.5. The maximum absolute atomic E-state index is 14.9. The van der Waals surface area contributed by atoms with E-state index in [1.807, 2.05) is 18.2 Å².